The van der Waals surface area contributed by atoms with E-state index in [-0.39, 0.29) is 6.10 Å². The highest BCUT2D eigenvalue weighted by Crippen LogP contribution is 2.12. The summed E-state index contributed by atoms with van der Waals surface area (Å²) < 4.78 is 5.27. The van der Waals surface area contributed by atoms with E-state index in [9.17, 15) is 0 Å². The van der Waals surface area contributed by atoms with Crippen LogP contribution in [0.2, 0.25) is 0 Å². The van der Waals surface area contributed by atoms with E-state index in [4.69, 9.17) is 4.74 Å². The standard InChI is InChI=1S/C10H18O/c1-5-7-8-10(9(3)4)11-6-2/h6,10H,2-3,5,7-8H2,1,4H3. The van der Waals surface area contributed by atoms with Crippen LogP contribution in [0.4, 0.5) is 0 Å². The van der Waals surface area contributed by atoms with Crippen molar-refractivity contribution in [2.45, 2.75) is 39.2 Å². The Kier molecular flexibility index (Phi) is 5.63. The molecular formula is C10H18O. The summed E-state index contributed by atoms with van der Waals surface area (Å²) in [6.45, 7) is 11.5. The molecule has 0 rings (SSSR count). The fourth-order valence-electron chi connectivity index (χ4n) is 0.936. The van der Waals surface area contributed by atoms with E-state index < -0.39 is 0 Å². The van der Waals surface area contributed by atoms with Crippen molar-refractivity contribution in [3.05, 3.63) is 25.0 Å². The second-order valence-corrected chi connectivity index (χ2v) is 2.78. The van der Waals surface area contributed by atoms with Gasteiger partial charge in [-0.1, -0.05) is 26.5 Å². The van der Waals surface area contributed by atoms with Gasteiger partial charge in [0.05, 0.1) is 6.26 Å². The molecule has 1 heteroatoms. The van der Waals surface area contributed by atoms with Crippen LogP contribution >= 0.6 is 0 Å². The first kappa shape index (κ1) is 10.3. The summed E-state index contributed by atoms with van der Waals surface area (Å²) in [5.41, 5.74) is 1.08. The molecule has 0 saturated heterocycles. The van der Waals surface area contributed by atoms with Crippen LogP contribution in [-0.4, -0.2) is 6.10 Å². The van der Waals surface area contributed by atoms with Crippen LogP contribution in [0.5, 0.6) is 0 Å². The van der Waals surface area contributed by atoms with Crippen LogP contribution in [0.25, 0.3) is 0 Å². The van der Waals surface area contributed by atoms with E-state index in [1.54, 1.807) is 0 Å². The molecular weight excluding hydrogens is 136 g/mol. The summed E-state index contributed by atoms with van der Waals surface area (Å²) in [5, 5.41) is 0. The molecule has 0 amide bonds. The van der Waals surface area contributed by atoms with Crippen LogP contribution in [0, 0.1) is 0 Å². The zero-order valence-corrected chi connectivity index (χ0v) is 7.60. The maximum Gasteiger partial charge on any atom is 0.118 e. The SMILES string of the molecule is C=COC(CCCC)C(=C)C. The number of hydrogen-bond donors (Lipinski definition) is 0. The van der Waals surface area contributed by atoms with E-state index in [1.807, 2.05) is 6.92 Å². The normalized spacial score (nSPS) is 12.2. The first-order valence-electron chi connectivity index (χ1n) is 4.14. The number of ether oxygens (including phenoxy) is 1. The van der Waals surface area contributed by atoms with Gasteiger partial charge in [-0.05, 0) is 25.3 Å². The molecule has 0 aromatic rings. The molecule has 0 saturated carbocycles. The summed E-state index contributed by atoms with van der Waals surface area (Å²) in [5.74, 6) is 0. The van der Waals surface area contributed by atoms with Crippen molar-refractivity contribution < 1.29 is 4.74 Å². The van der Waals surface area contributed by atoms with Crippen molar-refractivity contribution in [1.29, 1.82) is 0 Å². The molecule has 1 unspecified atom stereocenters. The van der Waals surface area contributed by atoms with Gasteiger partial charge in [-0.15, -0.1) is 0 Å². The first-order chi connectivity index (χ1) is 5.22. The van der Waals surface area contributed by atoms with Crippen LogP contribution in [0.3, 0.4) is 0 Å². The third-order valence-corrected chi connectivity index (χ3v) is 1.63. The van der Waals surface area contributed by atoms with Gasteiger partial charge in [0.25, 0.3) is 0 Å². The maximum atomic E-state index is 5.27. The molecule has 0 aromatic heterocycles. The third kappa shape index (κ3) is 4.65. The first-order valence-corrected chi connectivity index (χ1v) is 4.14. The lowest BCUT2D eigenvalue weighted by Crippen LogP contribution is -2.09. The number of hydrogen-bond acceptors (Lipinski definition) is 1. The van der Waals surface area contributed by atoms with Crippen molar-refractivity contribution in [1.82, 2.24) is 0 Å². The zero-order valence-electron chi connectivity index (χ0n) is 7.60. The molecule has 0 spiro atoms. The summed E-state index contributed by atoms with van der Waals surface area (Å²) in [4.78, 5) is 0. The van der Waals surface area contributed by atoms with Crippen LogP contribution < -0.4 is 0 Å². The Hall–Kier alpha value is -0.720. The smallest absolute Gasteiger partial charge is 0.118 e. The van der Waals surface area contributed by atoms with Gasteiger partial charge in [0.1, 0.15) is 6.10 Å². The van der Waals surface area contributed by atoms with Gasteiger partial charge in [0.2, 0.25) is 0 Å². The molecule has 64 valence electrons. The third-order valence-electron chi connectivity index (χ3n) is 1.63. The molecule has 11 heavy (non-hydrogen) atoms. The van der Waals surface area contributed by atoms with E-state index in [2.05, 4.69) is 20.1 Å². The average Bonchev–Trinajstić information content (AvgIpc) is 1.97. The van der Waals surface area contributed by atoms with E-state index in [0.717, 1.165) is 12.0 Å². The highest BCUT2D eigenvalue weighted by atomic mass is 16.5. The van der Waals surface area contributed by atoms with Gasteiger partial charge in [-0.2, -0.15) is 0 Å². The lowest BCUT2D eigenvalue weighted by atomic mass is 10.1. The predicted octanol–water partition coefficient (Wildman–Crippen LogP) is 3.28. The minimum Gasteiger partial charge on any atom is -0.494 e. The van der Waals surface area contributed by atoms with Gasteiger partial charge in [0.15, 0.2) is 0 Å². The van der Waals surface area contributed by atoms with Crippen LogP contribution in [-0.2, 0) is 4.74 Å². The summed E-state index contributed by atoms with van der Waals surface area (Å²) in [7, 11) is 0. The number of rotatable bonds is 6. The molecule has 0 bridgehead atoms. The van der Waals surface area contributed by atoms with Gasteiger partial charge >= 0.3 is 0 Å². The lowest BCUT2D eigenvalue weighted by Gasteiger charge is -2.15. The molecule has 1 nitrogen and oxygen atoms in total. The van der Waals surface area contributed by atoms with Gasteiger partial charge in [-0.25, -0.2) is 0 Å². The zero-order chi connectivity index (χ0) is 8.69. The molecule has 0 aromatic carbocycles. The fourth-order valence-corrected chi connectivity index (χ4v) is 0.936. The lowest BCUT2D eigenvalue weighted by molar-refractivity contribution is 0.166. The topological polar surface area (TPSA) is 9.23 Å². The van der Waals surface area contributed by atoms with Crippen molar-refractivity contribution in [2.24, 2.45) is 0 Å². The fraction of sp³-hybridized carbons (Fsp3) is 0.600. The van der Waals surface area contributed by atoms with Crippen LogP contribution in [0.15, 0.2) is 25.0 Å². The minimum absolute atomic E-state index is 0.174. The quantitative estimate of drug-likeness (QED) is 0.421. The summed E-state index contributed by atoms with van der Waals surface area (Å²) >= 11 is 0. The Bertz CT molecular complexity index is 127. The molecule has 0 heterocycles. The monoisotopic (exact) mass is 154 g/mol. The molecule has 0 aliphatic rings. The summed E-state index contributed by atoms with van der Waals surface area (Å²) in [6.07, 6.45) is 5.11. The predicted molar refractivity (Wildman–Crippen MR) is 49.4 cm³/mol. The largest absolute Gasteiger partial charge is 0.494 e. The van der Waals surface area contributed by atoms with Crippen molar-refractivity contribution in [2.75, 3.05) is 0 Å². The molecule has 0 aliphatic heterocycles. The van der Waals surface area contributed by atoms with Crippen molar-refractivity contribution in [3.63, 3.8) is 0 Å². The van der Waals surface area contributed by atoms with E-state index >= 15 is 0 Å². The number of unbranched alkanes of at least 4 members (excludes halogenated alkanes) is 1. The Morgan fingerprint density at radius 1 is 1.64 bits per heavy atom. The van der Waals surface area contributed by atoms with Gasteiger partial charge in [-0.3, -0.25) is 0 Å². The van der Waals surface area contributed by atoms with Crippen molar-refractivity contribution >= 4 is 0 Å². The molecule has 0 N–H and O–H groups in total. The Morgan fingerprint density at radius 2 is 2.27 bits per heavy atom. The summed E-state index contributed by atoms with van der Waals surface area (Å²) in [6, 6.07) is 0. The molecule has 0 aliphatic carbocycles. The average molecular weight is 154 g/mol. The van der Waals surface area contributed by atoms with E-state index in [0.29, 0.717) is 0 Å². The van der Waals surface area contributed by atoms with Crippen LogP contribution in [0.1, 0.15) is 33.1 Å². The molecule has 0 fully saturated rings. The highest BCUT2D eigenvalue weighted by molar-refractivity contribution is 4.98. The van der Waals surface area contributed by atoms with Crippen molar-refractivity contribution in [3.8, 4) is 0 Å². The minimum atomic E-state index is 0.174. The second kappa shape index (κ2) is 6.02. The Labute approximate surface area is 69.8 Å². The maximum absolute atomic E-state index is 5.27. The Balaban J connectivity index is 3.69. The molecule has 0 radical (unpaired) electrons. The highest BCUT2D eigenvalue weighted by Gasteiger charge is 2.06. The molecule has 1 atom stereocenters. The Morgan fingerprint density at radius 3 is 2.64 bits per heavy atom. The van der Waals surface area contributed by atoms with E-state index in [1.165, 1.54) is 19.1 Å². The second-order valence-electron chi connectivity index (χ2n) is 2.78. The van der Waals surface area contributed by atoms with Gasteiger partial charge < -0.3 is 4.74 Å². The van der Waals surface area contributed by atoms with Gasteiger partial charge in [0, 0.05) is 0 Å².